The SMILES string of the molecule is NC(=O)CCNc1ncc(C(=O)c2ccccc2F)s1. The largest absolute Gasteiger partial charge is 0.370 e. The lowest BCUT2D eigenvalue weighted by molar-refractivity contribution is -0.117. The first-order valence-corrected chi connectivity index (χ1v) is 6.67. The molecule has 1 aromatic heterocycles. The number of nitrogens with one attached hydrogen (secondary N) is 1. The van der Waals surface area contributed by atoms with Crippen molar-refractivity contribution < 1.29 is 14.0 Å². The van der Waals surface area contributed by atoms with Crippen LogP contribution in [-0.4, -0.2) is 23.2 Å². The van der Waals surface area contributed by atoms with E-state index >= 15 is 0 Å². The van der Waals surface area contributed by atoms with E-state index in [-0.39, 0.29) is 12.0 Å². The Hall–Kier alpha value is -2.28. The first-order chi connectivity index (χ1) is 9.58. The van der Waals surface area contributed by atoms with Crippen LogP contribution >= 0.6 is 11.3 Å². The Morgan fingerprint density at radius 2 is 2.10 bits per heavy atom. The number of hydrogen-bond acceptors (Lipinski definition) is 5. The summed E-state index contributed by atoms with van der Waals surface area (Å²) in [5.74, 6) is -1.39. The number of hydrogen-bond donors (Lipinski definition) is 2. The lowest BCUT2D eigenvalue weighted by Gasteiger charge is -1.99. The van der Waals surface area contributed by atoms with Crippen molar-refractivity contribution in [1.82, 2.24) is 4.98 Å². The second-order valence-electron chi connectivity index (χ2n) is 3.98. The van der Waals surface area contributed by atoms with Gasteiger partial charge >= 0.3 is 0 Å². The molecule has 7 heteroatoms. The van der Waals surface area contributed by atoms with Crippen LogP contribution in [0.2, 0.25) is 0 Å². The molecule has 0 aliphatic heterocycles. The highest BCUT2D eigenvalue weighted by molar-refractivity contribution is 7.17. The molecule has 0 aliphatic rings. The third kappa shape index (κ3) is 3.39. The molecule has 104 valence electrons. The summed E-state index contributed by atoms with van der Waals surface area (Å²) in [6.07, 6.45) is 1.56. The molecule has 2 rings (SSSR count). The Bertz CT molecular complexity index is 642. The second kappa shape index (κ2) is 6.25. The number of halogens is 1. The normalized spacial score (nSPS) is 10.2. The summed E-state index contributed by atoms with van der Waals surface area (Å²) in [5, 5.41) is 3.37. The molecule has 0 spiro atoms. The number of ketones is 1. The molecular weight excluding hydrogens is 281 g/mol. The highest BCUT2D eigenvalue weighted by Gasteiger charge is 2.16. The van der Waals surface area contributed by atoms with Crippen molar-refractivity contribution in [3.63, 3.8) is 0 Å². The molecule has 0 atom stereocenters. The van der Waals surface area contributed by atoms with Crippen LogP contribution < -0.4 is 11.1 Å². The van der Waals surface area contributed by atoms with Gasteiger partial charge in [-0.05, 0) is 12.1 Å². The summed E-state index contributed by atoms with van der Waals surface area (Å²) < 4.78 is 13.5. The Labute approximate surface area is 118 Å². The molecule has 0 bridgehead atoms. The molecule has 1 amide bonds. The molecule has 0 saturated carbocycles. The van der Waals surface area contributed by atoms with E-state index in [0.29, 0.717) is 16.6 Å². The molecule has 0 radical (unpaired) electrons. The number of amides is 1. The maximum atomic E-state index is 13.5. The fourth-order valence-electron chi connectivity index (χ4n) is 1.53. The van der Waals surface area contributed by atoms with Crippen LogP contribution in [0.25, 0.3) is 0 Å². The van der Waals surface area contributed by atoms with Gasteiger partial charge in [-0.3, -0.25) is 9.59 Å². The van der Waals surface area contributed by atoms with Gasteiger partial charge in [-0.2, -0.15) is 0 Å². The zero-order chi connectivity index (χ0) is 14.5. The minimum atomic E-state index is -0.561. The fraction of sp³-hybridized carbons (Fsp3) is 0.154. The smallest absolute Gasteiger partial charge is 0.219 e. The lowest BCUT2D eigenvalue weighted by atomic mass is 10.1. The van der Waals surface area contributed by atoms with Crippen LogP contribution in [0.1, 0.15) is 21.7 Å². The minimum absolute atomic E-state index is 0.0137. The van der Waals surface area contributed by atoms with Gasteiger partial charge in [-0.1, -0.05) is 23.5 Å². The molecule has 0 saturated heterocycles. The molecule has 1 heterocycles. The minimum Gasteiger partial charge on any atom is -0.370 e. The van der Waals surface area contributed by atoms with Crippen LogP contribution in [0.3, 0.4) is 0 Å². The van der Waals surface area contributed by atoms with Crippen LogP contribution in [0.15, 0.2) is 30.5 Å². The highest BCUT2D eigenvalue weighted by Crippen LogP contribution is 2.22. The van der Waals surface area contributed by atoms with Gasteiger partial charge in [0.15, 0.2) is 5.13 Å². The topological polar surface area (TPSA) is 85.1 Å². The number of thiazole rings is 1. The van der Waals surface area contributed by atoms with E-state index in [0.717, 1.165) is 11.3 Å². The van der Waals surface area contributed by atoms with E-state index in [4.69, 9.17) is 5.73 Å². The average Bonchev–Trinajstić information content (AvgIpc) is 2.87. The van der Waals surface area contributed by atoms with E-state index < -0.39 is 17.5 Å². The third-order valence-electron chi connectivity index (χ3n) is 2.50. The maximum Gasteiger partial charge on any atom is 0.219 e. The van der Waals surface area contributed by atoms with Gasteiger partial charge in [0.05, 0.1) is 16.6 Å². The van der Waals surface area contributed by atoms with E-state index in [9.17, 15) is 14.0 Å². The average molecular weight is 293 g/mol. The molecule has 3 N–H and O–H groups in total. The number of rotatable bonds is 6. The standard InChI is InChI=1S/C13H12FN3O2S/c14-9-4-2-1-3-8(9)12(19)10-7-17-13(20-10)16-6-5-11(15)18/h1-4,7H,5-6H2,(H2,15,18)(H,16,17). The Kier molecular flexibility index (Phi) is 4.41. The van der Waals surface area contributed by atoms with Gasteiger partial charge < -0.3 is 11.1 Å². The molecule has 0 unspecified atom stereocenters. The zero-order valence-electron chi connectivity index (χ0n) is 10.4. The summed E-state index contributed by atoms with van der Waals surface area (Å²) in [4.78, 5) is 27.0. The first kappa shape index (κ1) is 14.1. The molecule has 2 aromatic rings. The molecule has 5 nitrogen and oxygen atoms in total. The Balaban J connectivity index is 2.07. The second-order valence-corrected chi connectivity index (χ2v) is 5.01. The number of aromatic nitrogens is 1. The Morgan fingerprint density at radius 3 is 2.80 bits per heavy atom. The molecular formula is C13H12FN3O2S. The van der Waals surface area contributed by atoms with Crippen molar-refractivity contribution in [3.05, 3.63) is 46.7 Å². The van der Waals surface area contributed by atoms with Gasteiger partial charge in [0, 0.05) is 13.0 Å². The molecule has 0 aliphatic carbocycles. The van der Waals surface area contributed by atoms with Gasteiger partial charge in [0.1, 0.15) is 5.82 Å². The van der Waals surface area contributed by atoms with E-state index in [1.165, 1.54) is 24.4 Å². The third-order valence-corrected chi connectivity index (χ3v) is 3.45. The van der Waals surface area contributed by atoms with Crippen LogP contribution in [-0.2, 0) is 4.79 Å². The van der Waals surface area contributed by atoms with E-state index in [1.807, 2.05) is 0 Å². The summed E-state index contributed by atoms with van der Waals surface area (Å²) in [6, 6.07) is 5.79. The van der Waals surface area contributed by atoms with Crippen molar-refractivity contribution in [2.24, 2.45) is 5.73 Å². The fourth-order valence-corrected chi connectivity index (χ4v) is 2.33. The number of carbonyl (C=O) groups is 2. The number of primary amides is 1. The number of nitrogens with two attached hydrogens (primary N) is 1. The van der Waals surface area contributed by atoms with Gasteiger partial charge in [-0.25, -0.2) is 9.37 Å². The van der Waals surface area contributed by atoms with Crippen molar-refractivity contribution in [3.8, 4) is 0 Å². The van der Waals surface area contributed by atoms with Crippen molar-refractivity contribution >= 4 is 28.2 Å². The van der Waals surface area contributed by atoms with Crippen molar-refractivity contribution in [2.45, 2.75) is 6.42 Å². The lowest BCUT2D eigenvalue weighted by Crippen LogP contribution is -2.15. The molecule has 20 heavy (non-hydrogen) atoms. The van der Waals surface area contributed by atoms with E-state index in [1.54, 1.807) is 6.07 Å². The number of nitrogens with zero attached hydrogens (tertiary/aromatic N) is 1. The summed E-state index contributed by atoms with van der Waals surface area (Å²) in [6.45, 7) is 0.343. The first-order valence-electron chi connectivity index (χ1n) is 5.85. The highest BCUT2D eigenvalue weighted by atomic mass is 32.1. The van der Waals surface area contributed by atoms with Crippen LogP contribution in [0, 0.1) is 5.82 Å². The predicted molar refractivity (Wildman–Crippen MR) is 74.2 cm³/mol. The Morgan fingerprint density at radius 1 is 1.35 bits per heavy atom. The summed E-state index contributed by atoms with van der Waals surface area (Å²) in [7, 11) is 0. The van der Waals surface area contributed by atoms with Crippen LogP contribution in [0.4, 0.5) is 9.52 Å². The van der Waals surface area contributed by atoms with Gasteiger partial charge in [0.2, 0.25) is 11.7 Å². The van der Waals surface area contributed by atoms with Crippen LogP contribution in [0.5, 0.6) is 0 Å². The summed E-state index contributed by atoms with van der Waals surface area (Å²) >= 11 is 1.11. The maximum absolute atomic E-state index is 13.5. The van der Waals surface area contributed by atoms with Crippen molar-refractivity contribution in [1.29, 1.82) is 0 Å². The van der Waals surface area contributed by atoms with Gasteiger partial charge in [0.25, 0.3) is 0 Å². The quantitative estimate of drug-likeness (QED) is 0.795. The number of benzene rings is 1. The van der Waals surface area contributed by atoms with Gasteiger partial charge in [-0.15, -0.1) is 0 Å². The predicted octanol–water partition coefficient (Wildman–Crippen LogP) is 1.80. The zero-order valence-corrected chi connectivity index (χ0v) is 11.2. The number of carbonyl (C=O) groups excluding carboxylic acids is 2. The van der Waals surface area contributed by atoms with E-state index in [2.05, 4.69) is 10.3 Å². The molecule has 1 aromatic carbocycles. The molecule has 0 fully saturated rings. The summed E-state index contributed by atoms with van der Waals surface area (Å²) in [5.41, 5.74) is 5.02. The van der Waals surface area contributed by atoms with Crippen molar-refractivity contribution in [2.75, 3.05) is 11.9 Å². The monoisotopic (exact) mass is 293 g/mol. The number of anilines is 1.